The first-order valence-corrected chi connectivity index (χ1v) is 4.76. The predicted molar refractivity (Wildman–Crippen MR) is 53.7 cm³/mol. The molecule has 15 heavy (non-hydrogen) atoms. The third kappa shape index (κ3) is 1.75. The van der Waals surface area contributed by atoms with Gasteiger partial charge in [0.15, 0.2) is 5.82 Å². The molecule has 2 rings (SSSR count). The zero-order valence-corrected chi connectivity index (χ0v) is 8.69. The van der Waals surface area contributed by atoms with E-state index < -0.39 is 5.54 Å². The van der Waals surface area contributed by atoms with Crippen LogP contribution in [0.1, 0.15) is 26.1 Å². The molecule has 2 aromatic rings. The molecule has 80 valence electrons. The summed E-state index contributed by atoms with van der Waals surface area (Å²) in [7, 11) is 0. The molecular formula is C9H13N5O. The summed E-state index contributed by atoms with van der Waals surface area (Å²) in [6, 6.07) is 1.76. The molecule has 0 saturated heterocycles. The molecule has 0 saturated carbocycles. The van der Waals surface area contributed by atoms with Crippen LogP contribution in [0.25, 0.3) is 11.6 Å². The first kappa shape index (κ1) is 9.85. The monoisotopic (exact) mass is 207 g/mol. The minimum absolute atomic E-state index is 0.410. The Morgan fingerprint density at radius 1 is 1.60 bits per heavy atom. The summed E-state index contributed by atoms with van der Waals surface area (Å²) >= 11 is 0. The van der Waals surface area contributed by atoms with Gasteiger partial charge in [0, 0.05) is 6.20 Å². The van der Waals surface area contributed by atoms with Crippen molar-refractivity contribution < 1.29 is 4.52 Å². The van der Waals surface area contributed by atoms with Crippen molar-refractivity contribution in [2.45, 2.75) is 25.8 Å². The summed E-state index contributed by atoms with van der Waals surface area (Å²) in [5.74, 6) is 0.919. The van der Waals surface area contributed by atoms with Crippen LogP contribution >= 0.6 is 0 Å². The minimum Gasteiger partial charge on any atom is -0.332 e. The number of nitrogens with two attached hydrogens (primary N) is 1. The normalized spacial score (nSPS) is 15.1. The molecule has 0 radical (unpaired) electrons. The second kappa shape index (κ2) is 3.47. The zero-order chi connectivity index (χ0) is 10.9. The molecule has 0 spiro atoms. The smallest absolute Gasteiger partial charge is 0.275 e. The van der Waals surface area contributed by atoms with E-state index in [0.29, 0.717) is 17.4 Å². The maximum atomic E-state index is 5.99. The highest BCUT2D eigenvalue weighted by atomic mass is 16.5. The highest BCUT2D eigenvalue weighted by Crippen LogP contribution is 2.21. The topological polar surface area (TPSA) is 93.6 Å². The number of aromatic amines is 1. The number of hydrogen-bond donors (Lipinski definition) is 2. The fourth-order valence-corrected chi connectivity index (χ4v) is 1.10. The first-order valence-electron chi connectivity index (χ1n) is 4.76. The average Bonchev–Trinajstić information content (AvgIpc) is 2.88. The van der Waals surface area contributed by atoms with Crippen molar-refractivity contribution in [1.29, 1.82) is 0 Å². The maximum Gasteiger partial charge on any atom is 0.275 e. The Bertz CT molecular complexity index is 431. The summed E-state index contributed by atoms with van der Waals surface area (Å²) in [4.78, 5) is 4.22. The lowest BCUT2D eigenvalue weighted by Crippen LogP contribution is -2.33. The molecule has 0 amide bonds. The van der Waals surface area contributed by atoms with E-state index in [2.05, 4.69) is 20.3 Å². The van der Waals surface area contributed by atoms with Gasteiger partial charge in [0.05, 0.1) is 5.54 Å². The number of rotatable bonds is 3. The van der Waals surface area contributed by atoms with Gasteiger partial charge in [0.25, 0.3) is 5.89 Å². The van der Waals surface area contributed by atoms with Crippen LogP contribution in [0.15, 0.2) is 16.8 Å². The SMILES string of the molecule is CCC(C)(N)c1noc(-c2ccn[nH]2)n1. The van der Waals surface area contributed by atoms with Crippen molar-refractivity contribution in [3.63, 3.8) is 0 Å². The van der Waals surface area contributed by atoms with Crippen molar-refractivity contribution >= 4 is 0 Å². The molecule has 0 aliphatic rings. The van der Waals surface area contributed by atoms with Crippen molar-refractivity contribution in [3.8, 4) is 11.6 Å². The zero-order valence-electron chi connectivity index (χ0n) is 8.69. The van der Waals surface area contributed by atoms with E-state index in [1.807, 2.05) is 13.8 Å². The summed E-state index contributed by atoms with van der Waals surface area (Å²) < 4.78 is 5.08. The Hall–Kier alpha value is -1.69. The third-order valence-electron chi connectivity index (χ3n) is 2.40. The molecule has 2 heterocycles. The van der Waals surface area contributed by atoms with Gasteiger partial charge in [-0.25, -0.2) is 0 Å². The Morgan fingerprint density at radius 2 is 2.40 bits per heavy atom. The molecular weight excluding hydrogens is 194 g/mol. The van der Waals surface area contributed by atoms with Gasteiger partial charge in [0.1, 0.15) is 5.69 Å². The molecule has 0 aliphatic carbocycles. The van der Waals surface area contributed by atoms with Crippen LogP contribution in [0.5, 0.6) is 0 Å². The van der Waals surface area contributed by atoms with E-state index in [1.54, 1.807) is 12.3 Å². The van der Waals surface area contributed by atoms with Crippen LogP contribution in [0.2, 0.25) is 0 Å². The van der Waals surface area contributed by atoms with Crippen molar-refractivity contribution in [3.05, 3.63) is 18.1 Å². The van der Waals surface area contributed by atoms with E-state index >= 15 is 0 Å². The molecule has 0 aromatic carbocycles. The second-order valence-corrected chi connectivity index (χ2v) is 3.66. The number of H-pyrrole nitrogens is 1. The summed E-state index contributed by atoms with van der Waals surface area (Å²) in [5.41, 5.74) is 6.13. The van der Waals surface area contributed by atoms with E-state index in [9.17, 15) is 0 Å². The average molecular weight is 207 g/mol. The lowest BCUT2D eigenvalue weighted by atomic mass is 10.0. The standard InChI is InChI=1S/C9H13N5O/c1-3-9(2,10)8-12-7(15-14-8)6-4-5-11-13-6/h4-5H,3,10H2,1-2H3,(H,11,13). The number of nitrogens with zero attached hydrogens (tertiary/aromatic N) is 3. The molecule has 1 atom stereocenters. The molecule has 0 aliphatic heterocycles. The fraction of sp³-hybridized carbons (Fsp3) is 0.444. The quantitative estimate of drug-likeness (QED) is 0.784. The van der Waals surface area contributed by atoms with Crippen LogP contribution in [-0.4, -0.2) is 20.3 Å². The highest BCUT2D eigenvalue weighted by Gasteiger charge is 2.25. The number of aromatic nitrogens is 4. The second-order valence-electron chi connectivity index (χ2n) is 3.66. The summed E-state index contributed by atoms with van der Waals surface area (Å²) in [6.45, 7) is 3.85. The van der Waals surface area contributed by atoms with Gasteiger partial charge in [-0.15, -0.1) is 0 Å². The van der Waals surface area contributed by atoms with Gasteiger partial charge < -0.3 is 10.3 Å². The van der Waals surface area contributed by atoms with Crippen LogP contribution < -0.4 is 5.73 Å². The minimum atomic E-state index is -0.554. The van der Waals surface area contributed by atoms with Gasteiger partial charge in [-0.3, -0.25) is 5.10 Å². The van der Waals surface area contributed by atoms with Gasteiger partial charge >= 0.3 is 0 Å². The number of hydrogen-bond acceptors (Lipinski definition) is 5. The van der Waals surface area contributed by atoms with Gasteiger partial charge in [-0.05, 0) is 19.4 Å². The maximum absolute atomic E-state index is 5.99. The van der Waals surface area contributed by atoms with Crippen molar-refractivity contribution in [2.75, 3.05) is 0 Å². The largest absolute Gasteiger partial charge is 0.332 e. The summed E-state index contributed by atoms with van der Waals surface area (Å²) in [5, 5.41) is 10.4. The van der Waals surface area contributed by atoms with Crippen molar-refractivity contribution in [1.82, 2.24) is 20.3 Å². The van der Waals surface area contributed by atoms with Gasteiger partial charge in [0.2, 0.25) is 0 Å². The lowest BCUT2D eigenvalue weighted by molar-refractivity contribution is 0.378. The lowest BCUT2D eigenvalue weighted by Gasteiger charge is -2.16. The molecule has 0 fully saturated rings. The first-order chi connectivity index (χ1) is 7.13. The fourth-order valence-electron chi connectivity index (χ4n) is 1.10. The van der Waals surface area contributed by atoms with E-state index in [4.69, 9.17) is 10.3 Å². The predicted octanol–water partition coefficient (Wildman–Crippen LogP) is 1.04. The van der Waals surface area contributed by atoms with Crippen molar-refractivity contribution in [2.24, 2.45) is 5.73 Å². The Balaban J connectivity index is 2.33. The van der Waals surface area contributed by atoms with Crippen LogP contribution in [0.4, 0.5) is 0 Å². The van der Waals surface area contributed by atoms with E-state index in [0.717, 1.165) is 6.42 Å². The van der Waals surface area contributed by atoms with Gasteiger partial charge in [-0.2, -0.15) is 10.1 Å². The Kier molecular flexibility index (Phi) is 2.28. The molecule has 3 N–H and O–H groups in total. The number of nitrogens with one attached hydrogen (secondary N) is 1. The van der Waals surface area contributed by atoms with Crippen LogP contribution in [0.3, 0.4) is 0 Å². The molecule has 6 nitrogen and oxygen atoms in total. The van der Waals surface area contributed by atoms with E-state index in [-0.39, 0.29) is 0 Å². The van der Waals surface area contributed by atoms with Crippen LogP contribution in [0, 0.1) is 0 Å². The molecule has 6 heteroatoms. The Labute approximate surface area is 86.9 Å². The Morgan fingerprint density at radius 3 is 3.00 bits per heavy atom. The molecule has 0 bridgehead atoms. The third-order valence-corrected chi connectivity index (χ3v) is 2.40. The van der Waals surface area contributed by atoms with Crippen LogP contribution in [-0.2, 0) is 5.54 Å². The van der Waals surface area contributed by atoms with E-state index in [1.165, 1.54) is 0 Å². The van der Waals surface area contributed by atoms with Gasteiger partial charge in [-0.1, -0.05) is 12.1 Å². The summed E-state index contributed by atoms with van der Waals surface area (Å²) in [6.07, 6.45) is 2.37. The molecule has 1 unspecified atom stereocenters. The highest BCUT2D eigenvalue weighted by molar-refractivity contribution is 5.44. The molecule has 2 aromatic heterocycles.